The molecule has 0 heterocycles. The molecule has 0 bridgehead atoms. The topological polar surface area (TPSA) is 0 Å². The summed E-state index contributed by atoms with van der Waals surface area (Å²) in [6.45, 7) is 4.82. The summed E-state index contributed by atoms with van der Waals surface area (Å²) in [6.07, 6.45) is 2.10. The molecule has 1 atom stereocenters. The average Bonchev–Trinajstić information content (AvgIpc) is 3.25. The average molecular weight is 613 g/mol. The number of rotatable bonds is 2. The lowest BCUT2D eigenvalue weighted by Gasteiger charge is -2.26. The van der Waals surface area contributed by atoms with Gasteiger partial charge in [-0.05, 0) is 118 Å². The predicted molar refractivity (Wildman–Crippen MR) is 204 cm³/mol. The van der Waals surface area contributed by atoms with Crippen molar-refractivity contribution in [2.75, 3.05) is 0 Å². The minimum atomic E-state index is -0.0613. The van der Waals surface area contributed by atoms with Gasteiger partial charge in [0.05, 0.1) is 0 Å². The zero-order valence-corrected chi connectivity index (χ0v) is 27.4. The van der Waals surface area contributed by atoms with Crippen LogP contribution in [0.2, 0.25) is 0 Å². The van der Waals surface area contributed by atoms with Crippen LogP contribution < -0.4 is 0 Å². The van der Waals surface area contributed by atoms with Gasteiger partial charge in [0.15, 0.2) is 0 Å². The first-order valence-electron chi connectivity index (χ1n) is 17.4. The summed E-state index contributed by atoms with van der Waals surface area (Å²) in [6, 6.07) is 57.4. The molecule has 0 aromatic heterocycles. The molecule has 0 N–H and O–H groups in total. The molecule has 8 aromatic rings. The molecular formula is C48H36. The molecule has 0 amide bonds. The maximum absolute atomic E-state index is 2.61. The van der Waals surface area contributed by atoms with Crippen LogP contribution in [-0.2, 0) is 11.8 Å². The van der Waals surface area contributed by atoms with E-state index >= 15 is 0 Å². The van der Waals surface area contributed by atoms with E-state index in [0.29, 0.717) is 0 Å². The van der Waals surface area contributed by atoms with E-state index in [-0.39, 0.29) is 11.3 Å². The van der Waals surface area contributed by atoms with Gasteiger partial charge in [-0.25, -0.2) is 0 Å². The monoisotopic (exact) mass is 612 g/mol. The van der Waals surface area contributed by atoms with Gasteiger partial charge in [-0.2, -0.15) is 0 Å². The van der Waals surface area contributed by atoms with Gasteiger partial charge in [-0.3, -0.25) is 0 Å². The summed E-state index contributed by atoms with van der Waals surface area (Å²) in [5.74, 6) is 0.255. The highest BCUT2D eigenvalue weighted by molar-refractivity contribution is 6.26. The number of benzene rings is 8. The highest BCUT2D eigenvalue weighted by atomic mass is 14.4. The smallest absolute Gasteiger partial charge is 0.0158 e. The first-order chi connectivity index (χ1) is 23.6. The van der Waals surface area contributed by atoms with Gasteiger partial charge in [0, 0.05) is 11.3 Å². The van der Waals surface area contributed by atoms with Crippen LogP contribution in [0, 0.1) is 0 Å². The molecule has 0 heteroatoms. The number of fused-ring (bicyclic) bond motifs is 12. The molecule has 0 saturated carbocycles. The third kappa shape index (κ3) is 3.90. The number of hydrogen-bond donors (Lipinski definition) is 0. The number of aryl methyl sites for hydroxylation is 1. The van der Waals surface area contributed by atoms with Crippen molar-refractivity contribution in [3.05, 3.63) is 179 Å². The third-order valence-corrected chi connectivity index (χ3v) is 11.5. The molecule has 0 radical (unpaired) electrons. The van der Waals surface area contributed by atoms with Crippen LogP contribution >= 0.6 is 0 Å². The minimum Gasteiger partial charge on any atom is -0.0622 e. The van der Waals surface area contributed by atoms with E-state index in [0.717, 1.165) is 12.8 Å². The van der Waals surface area contributed by atoms with Crippen LogP contribution in [0.25, 0.3) is 65.7 Å². The van der Waals surface area contributed by atoms with Crippen molar-refractivity contribution < 1.29 is 0 Å². The molecule has 0 saturated heterocycles. The fourth-order valence-electron chi connectivity index (χ4n) is 9.19. The van der Waals surface area contributed by atoms with Crippen LogP contribution in [0.3, 0.4) is 0 Å². The summed E-state index contributed by atoms with van der Waals surface area (Å²) in [5, 5.41) is 8.11. The Labute approximate surface area is 282 Å². The fraction of sp³-hybridized carbons (Fsp3) is 0.125. The molecule has 1 unspecified atom stereocenters. The van der Waals surface area contributed by atoms with Crippen molar-refractivity contribution in [1.29, 1.82) is 0 Å². The van der Waals surface area contributed by atoms with E-state index in [1.807, 2.05) is 0 Å². The predicted octanol–water partition coefficient (Wildman–Crippen LogP) is 12.9. The maximum atomic E-state index is 2.61. The third-order valence-electron chi connectivity index (χ3n) is 11.5. The van der Waals surface area contributed by atoms with Crippen LogP contribution in [0.15, 0.2) is 152 Å². The second-order valence-electron chi connectivity index (χ2n) is 14.3. The lowest BCUT2D eigenvalue weighted by Crippen LogP contribution is -2.16. The highest BCUT2D eigenvalue weighted by Crippen LogP contribution is 2.54. The lowest BCUT2D eigenvalue weighted by atomic mass is 9.77. The second kappa shape index (κ2) is 10.3. The largest absolute Gasteiger partial charge is 0.0622 e. The fourth-order valence-corrected chi connectivity index (χ4v) is 9.19. The molecule has 0 nitrogen and oxygen atoms in total. The molecular weight excluding hydrogens is 577 g/mol. The Hall–Kier alpha value is -5.46. The molecule has 2 aliphatic rings. The van der Waals surface area contributed by atoms with Gasteiger partial charge < -0.3 is 0 Å². The highest BCUT2D eigenvalue weighted by Gasteiger charge is 2.38. The summed E-state index contributed by atoms with van der Waals surface area (Å²) < 4.78 is 0. The second-order valence-corrected chi connectivity index (χ2v) is 14.3. The van der Waals surface area contributed by atoms with Crippen LogP contribution in [0.4, 0.5) is 0 Å². The molecule has 0 aliphatic heterocycles. The van der Waals surface area contributed by atoms with Crippen molar-refractivity contribution in [2.45, 2.75) is 38.0 Å². The first-order valence-corrected chi connectivity index (χ1v) is 17.4. The van der Waals surface area contributed by atoms with E-state index in [1.165, 1.54) is 93.5 Å². The molecule has 10 rings (SSSR count). The van der Waals surface area contributed by atoms with Crippen molar-refractivity contribution in [1.82, 2.24) is 0 Å². The van der Waals surface area contributed by atoms with E-state index in [4.69, 9.17) is 0 Å². The Balaban J connectivity index is 1.29. The Morgan fingerprint density at radius 3 is 1.85 bits per heavy atom. The summed E-state index contributed by atoms with van der Waals surface area (Å²) in [5.41, 5.74) is 15.3. The maximum Gasteiger partial charge on any atom is 0.0158 e. The lowest BCUT2D eigenvalue weighted by molar-refractivity contribution is 0.656. The normalized spacial score (nSPS) is 15.9. The summed E-state index contributed by atoms with van der Waals surface area (Å²) in [4.78, 5) is 0. The van der Waals surface area contributed by atoms with E-state index in [1.54, 1.807) is 0 Å². The standard InChI is InChI=1S/C48H36/c1-48(2)45-22-11-10-18-37(45)44-28-42-41-27-32(30-13-4-3-5-14-30)24-23-31(41)25-26-36(43(42)29-46(44)48)40-21-12-20-39-35-16-7-6-15-33(35)34-17-8-9-19-38(34)47(39)40/h3-24,27-29,36H,25-26H2,1-2H3. The molecule has 228 valence electrons. The number of hydrogen-bond acceptors (Lipinski definition) is 0. The Morgan fingerprint density at radius 2 is 1.08 bits per heavy atom. The van der Waals surface area contributed by atoms with Crippen molar-refractivity contribution in [2.24, 2.45) is 0 Å². The van der Waals surface area contributed by atoms with Gasteiger partial charge in [0.25, 0.3) is 0 Å². The zero-order valence-electron chi connectivity index (χ0n) is 27.4. The van der Waals surface area contributed by atoms with Crippen LogP contribution in [0.5, 0.6) is 0 Å². The van der Waals surface area contributed by atoms with Gasteiger partial charge in [0.1, 0.15) is 0 Å². The van der Waals surface area contributed by atoms with Gasteiger partial charge in [-0.1, -0.05) is 153 Å². The Kier molecular flexibility index (Phi) is 5.91. The van der Waals surface area contributed by atoms with E-state index < -0.39 is 0 Å². The van der Waals surface area contributed by atoms with Crippen molar-refractivity contribution >= 4 is 32.3 Å². The quantitative estimate of drug-likeness (QED) is 0.170. The molecule has 48 heavy (non-hydrogen) atoms. The zero-order chi connectivity index (χ0) is 32.0. The molecule has 8 aromatic carbocycles. The molecule has 0 fully saturated rings. The SMILES string of the molecule is CC1(C)c2ccccc2-c2cc3c(cc21)C(c1cccc2c4ccccc4c4ccccc4c12)CCc1ccc(-c2ccccc2)cc1-3. The minimum absolute atomic E-state index is 0.0613. The van der Waals surface area contributed by atoms with E-state index in [2.05, 4.69) is 166 Å². The van der Waals surface area contributed by atoms with Gasteiger partial charge in [-0.15, -0.1) is 0 Å². The van der Waals surface area contributed by atoms with Crippen LogP contribution in [-0.4, -0.2) is 0 Å². The first kappa shape index (κ1) is 27.6. The molecule has 0 spiro atoms. The van der Waals surface area contributed by atoms with Crippen molar-refractivity contribution in [3.63, 3.8) is 0 Å². The Bertz CT molecular complexity index is 2540. The summed E-state index contributed by atoms with van der Waals surface area (Å²) in [7, 11) is 0. The van der Waals surface area contributed by atoms with Gasteiger partial charge in [0.2, 0.25) is 0 Å². The Morgan fingerprint density at radius 1 is 0.438 bits per heavy atom. The van der Waals surface area contributed by atoms with E-state index in [9.17, 15) is 0 Å². The van der Waals surface area contributed by atoms with Crippen molar-refractivity contribution in [3.8, 4) is 33.4 Å². The van der Waals surface area contributed by atoms with Gasteiger partial charge >= 0.3 is 0 Å². The summed E-state index contributed by atoms with van der Waals surface area (Å²) >= 11 is 0. The molecule has 2 aliphatic carbocycles. The van der Waals surface area contributed by atoms with Crippen LogP contribution in [0.1, 0.15) is 54.0 Å².